The number of methoxy groups -OCH3 is 1. The number of H-pyrrole nitrogens is 1. The van der Waals surface area contributed by atoms with E-state index in [-0.39, 0.29) is 0 Å². The standard InChI is InChI=1S/C18H26N2O2/c1-12-6-13(2)10-20(9-12)11-18(21)16-8-19-17-5-4-14(22-3)7-15(16)17/h4-5,7-8,12-13,18-19,21H,6,9-11H2,1-3H3/p+1/t12-,13-,18-/m0/s1. The second kappa shape index (κ2) is 6.31. The van der Waals surface area contributed by atoms with Crippen LogP contribution >= 0.6 is 0 Å². The summed E-state index contributed by atoms with van der Waals surface area (Å²) in [6.07, 6.45) is 2.81. The average Bonchev–Trinajstić information content (AvgIpc) is 2.88. The van der Waals surface area contributed by atoms with E-state index in [1.54, 1.807) is 7.11 Å². The van der Waals surface area contributed by atoms with E-state index >= 15 is 0 Å². The maximum Gasteiger partial charge on any atom is 0.130 e. The Morgan fingerprint density at radius 2 is 2.05 bits per heavy atom. The quantitative estimate of drug-likeness (QED) is 0.806. The average molecular weight is 303 g/mol. The van der Waals surface area contributed by atoms with Gasteiger partial charge in [-0.15, -0.1) is 0 Å². The van der Waals surface area contributed by atoms with Gasteiger partial charge in [0.1, 0.15) is 18.4 Å². The Labute approximate surface area is 132 Å². The number of nitrogens with one attached hydrogen (secondary N) is 2. The summed E-state index contributed by atoms with van der Waals surface area (Å²) in [7, 11) is 1.67. The molecule has 4 nitrogen and oxygen atoms in total. The molecule has 1 saturated heterocycles. The molecule has 3 rings (SSSR count). The Hall–Kier alpha value is -1.52. The number of likely N-dealkylation sites (tertiary alicyclic amines) is 1. The first kappa shape index (κ1) is 15.4. The van der Waals surface area contributed by atoms with Crippen LogP contribution in [0.2, 0.25) is 0 Å². The number of ether oxygens (including phenoxy) is 1. The van der Waals surface area contributed by atoms with Crippen molar-refractivity contribution in [1.82, 2.24) is 4.98 Å². The van der Waals surface area contributed by atoms with Crippen molar-refractivity contribution >= 4 is 10.9 Å². The summed E-state index contributed by atoms with van der Waals surface area (Å²) in [5.74, 6) is 2.32. The Morgan fingerprint density at radius 3 is 2.73 bits per heavy atom. The second-order valence-corrected chi connectivity index (χ2v) is 6.98. The molecule has 4 heteroatoms. The van der Waals surface area contributed by atoms with E-state index in [1.165, 1.54) is 11.3 Å². The van der Waals surface area contributed by atoms with Gasteiger partial charge in [0.15, 0.2) is 0 Å². The highest BCUT2D eigenvalue weighted by molar-refractivity contribution is 5.85. The number of aliphatic hydroxyl groups is 1. The summed E-state index contributed by atoms with van der Waals surface area (Å²) < 4.78 is 5.30. The van der Waals surface area contributed by atoms with E-state index < -0.39 is 6.10 Å². The number of aromatic amines is 1. The molecule has 0 radical (unpaired) electrons. The van der Waals surface area contributed by atoms with Gasteiger partial charge in [-0.25, -0.2) is 0 Å². The number of fused-ring (bicyclic) bond motifs is 1. The van der Waals surface area contributed by atoms with Crippen molar-refractivity contribution in [1.29, 1.82) is 0 Å². The lowest BCUT2D eigenvalue weighted by atomic mass is 9.91. The van der Waals surface area contributed by atoms with Crippen molar-refractivity contribution < 1.29 is 14.7 Å². The van der Waals surface area contributed by atoms with Crippen molar-refractivity contribution in [3.63, 3.8) is 0 Å². The molecule has 0 saturated carbocycles. The summed E-state index contributed by atoms with van der Waals surface area (Å²) in [6.45, 7) is 7.73. The minimum atomic E-state index is -0.437. The predicted molar refractivity (Wildman–Crippen MR) is 88.3 cm³/mol. The number of benzene rings is 1. The van der Waals surface area contributed by atoms with Crippen LogP contribution in [0.15, 0.2) is 24.4 Å². The molecule has 120 valence electrons. The summed E-state index contributed by atoms with van der Waals surface area (Å²) in [4.78, 5) is 4.76. The van der Waals surface area contributed by atoms with E-state index in [0.29, 0.717) is 0 Å². The molecule has 2 heterocycles. The highest BCUT2D eigenvalue weighted by atomic mass is 16.5. The van der Waals surface area contributed by atoms with Gasteiger partial charge >= 0.3 is 0 Å². The van der Waals surface area contributed by atoms with Gasteiger partial charge in [-0.3, -0.25) is 0 Å². The lowest BCUT2D eigenvalue weighted by Gasteiger charge is -2.33. The zero-order valence-electron chi connectivity index (χ0n) is 13.7. The molecule has 0 spiro atoms. The fraction of sp³-hybridized carbons (Fsp3) is 0.556. The summed E-state index contributed by atoms with van der Waals surface area (Å²) in [6, 6.07) is 5.94. The topological polar surface area (TPSA) is 49.7 Å². The number of piperidine rings is 1. The first-order chi connectivity index (χ1) is 10.6. The molecule has 0 unspecified atom stereocenters. The van der Waals surface area contributed by atoms with Crippen molar-refractivity contribution in [3.05, 3.63) is 30.0 Å². The number of aromatic nitrogens is 1. The number of hydrogen-bond acceptors (Lipinski definition) is 2. The predicted octanol–water partition coefficient (Wildman–Crippen LogP) is 1.77. The Balaban J connectivity index is 1.78. The zero-order chi connectivity index (χ0) is 15.7. The smallest absolute Gasteiger partial charge is 0.130 e. The number of hydrogen-bond donors (Lipinski definition) is 3. The minimum absolute atomic E-state index is 0.437. The first-order valence-corrected chi connectivity index (χ1v) is 8.23. The van der Waals surface area contributed by atoms with Crippen molar-refractivity contribution in [2.24, 2.45) is 11.8 Å². The van der Waals surface area contributed by atoms with Gasteiger partial charge in [0, 0.05) is 34.5 Å². The monoisotopic (exact) mass is 303 g/mol. The van der Waals surface area contributed by atoms with Crippen LogP contribution in [0.4, 0.5) is 0 Å². The van der Waals surface area contributed by atoms with Crippen LogP contribution in [0.3, 0.4) is 0 Å². The molecular formula is C18H27N2O2+. The highest BCUT2D eigenvalue weighted by Crippen LogP contribution is 2.27. The van der Waals surface area contributed by atoms with Crippen LogP contribution in [0.5, 0.6) is 5.75 Å². The third kappa shape index (κ3) is 3.13. The molecule has 1 aromatic carbocycles. The molecule has 0 amide bonds. The highest BCUT2D eigenvalue weighted by Gasteiger charge is 2.28. The van der Waals surface area contributed by atoms with Gasteiger partial charge in [0.05, 0.1) is 20.2 Å². The fourth-order valence-corrected chi connectivity index (χ4v) is 4.00. The number of rotatable bonds is 4. The van der Waals surface area contributed by atoms with Gasteiger partial charge in [-0.05, 0) is 24.6 Å². The summed E-state index contributed by atoms with van der Waals surface area (Å²) >= 11 is 0. The fourth-order valence-electron chi connectivity index (χ4n) is 4.00. The largest absolute Gasteiger partial charge is 0.497 e. The van der Waals surface area contributed by atoms with Gasteiger partial charge in [-0.1, -0.05) is 13.8 Å². The van der Waals surface area contributed by atoms with Gasteiger partial charge in [0.25, 0.3) is 0 Å². The maximum atomic E-state index is 10.7. The maximum absolute atomic E-state index is 10.7. The molecule has 3 atom stereocenters. The molecule has 1 aliphatic rings. The zero-order valence-corrected chi connectivity index (χ0v) is 13.7. The Kier molecular flexibility index (Phi) is 4.41. The molecule has 1 aliphatic heterocycles. The normalized spacial score (nSPS) is 27.0. The van der Waals surface area contributed by atoms with E-state index in [9.17, 15) is 5.11 Å². The second-order valence-electron chi connectivity index (χ2n) is 6.98. The molecule has 2 aromatic rings. The number of quaternary nitrogens is 1. The number of aliphatic hydroxyl groups excluding tert-OH is 1. The molecular weight excluding hydrogens is 276 g/mol. The van der Waals surface area contributed by atoms with E-state index in [1.807, 2.05) is 24.4 Å². The Bertz CT molecular complexity index is 627. The van der Waals surface area contributed by atoms with Crippen molar-refractivity contribution in [2.45, 2.75) is 26.4 Å². The van der Waals surface area contributed by atoms with Crippen LogP contribution < -0.4 is 9.64 Å². The van der Waals surface area contributed by atoms with Crippen LogP contribution in [-0.4, -0.2) is 36.8 Å². The Morgan fingerprint density at radius 1 is 1.32 bits per heavy atom. The van der Waals surface area contributed by atoms with Gasteiger partial charge in [0.2, 0.25) is 0 Å². The van der Waals surface area contributed by atoms with E-state index in [2.05, 4.69) is 18.8 Å². The summed E-state index contributed by atoms with van der Waals surface area (Å²) in [5, 5.41) is 11.8. The minimum Gasteiger partial charge on any atom is -0.497 e. The van der Waals surface area contributed by atoms with Gasteiger partial charge < -0.3 is 19.7 Å². The van der Waals surface area contributed by atoms with Crippen LogP contribution in [0, 0.1) is 11.8 Å². The van der Waals surface area contributed by atoms with Crippen LogP contribution in [-0.2, 0) is 0 Å². The molecule has 0 bridgehead atoms. The first-order valence-electron chi connectivity index (χ1n) is 8.23. The van der Waals surface area contributed by atoms with E-state index in [0.717, 1.165) is 53.7 Å². The lowest BCUT2D eigenvalue weighted by molar-refractivity contribution is -0.915. The summed E-state index contributed by atoms with van der Waals surface area (Å²) in [5.41, 5.74) is 2.03. The van der Waals surface area contributed by atoms with E-state index in [4.69, 9.17) is 4.74 Å². The third-order valence-corrected chi connectivity index (χ3v) is 4.84. The molecule has 1 aromatic heterocycles. The SMILES string of the molecule is COc1ccc2[nH]cc([C@@H](O)C[NH+]3C[C@@H](C)C[C@H](C)C3)c2c1. The van der Waals surface area contributed by atoms with Crippen LogP contribution in [0.1, 0.15) is 31.9 Å². The third-order valence-electron chi connectivity index (χ3n) is 4.84. The van der Waals surface area contributed by atoms with Crippen LogP contribution in [0.25, 0.3) is 10.9 Å². The van der Waals surface area contributed by atoms with Crippen molar-refractivity contribution in [3.8, 4) is 5.75 Å². The molecule has 1 fully saturated rings. The molecule has 22 heavy (non-hydrogen) atoms. The molecule has 3 N–H and O–H groups in total. The van der Waals surface area contributed by atoms with Gasteiger partial charge in [-0.2, -0.15) is 0 Å². The lowest BCUT2D eigenvalue weighted by Crippen LogP contribution is -3.14. The molecule has 0 aliphatic carbocycles. The van der Waals surface area contributed by atoms with Crippen molar-refractivity contribution in [2.75, 3.05) is 26.7 Å².